The van der Waals surface area contributed by atoms with Gasteiger partial charge in [0.25, 0.3) is 5.91 Å². The van der Waals surface area contributed by atoms with Crippen molar-refractivity contribution in [3.05, 3.63) is 29.1 Å². The molecule has 160 valence electrons. The molecule has 0 saturated heterocycles. The maximum absolute atomic E-state index is 11.9. The van der Waals surface area contributed by atoms with Gasteiger partial charge in [-0.2, -0.15) is 0 Å². The monoisotopic (exact) mass is 403 g/mol. The van der Waals surface area contributed by atoms with Crippen LogP contribution in [0.2, 0.25) is 0 Å². The molecule has 1 aromatic rings. The highest BCUT2D eigenvalue weighted by Gasteiger charge is 2.19. The van der Waals surface area contributed by atoms with Crippen LogP contribution in [0.25, 0.3) is 6.08 Å². The second-order valence-corrected chi connectivity index (χ2v) is 7.93. The molecule has 1 fully saturated rings. The summed E-state index contributed by atoms with van der Waals surface area (Å²) in [7, 11) is 0. The minimum Gasteiger partial charge on any atom is -0.452 e. The first kappa shape index (κ1) is 22.7. The normalized spacial score (nSPS) is 14.9. The Labute approximate surface area is 172 Å². The molecule has 7 nitrogen and oxygen atoms in total. The number of aromatic nitrogens is 1. The molecule has 29 heavy (non-hydrogen) atoms. The fourth-order valence-corrected chi connectivity index (χ4v) is 3.82. The van der Waals surface area contributed by atoms with E-state index in [1.165, 1.54) is 43.9 Å². The second kappa shape index (κ2) is 10.8. The van der Waals surface area contributed by atoms with Crippen molar-refractivity contribution in [1.29, 1.82) is 0 Å². The molecule has 2 amide bonds. The first-order valence-corrected chi connectivity index (χ1v) is 10.4. The maximum atomic E-state index is 11.9. The molecule has 1 heterocycles. The molecular weight excluding hydrogens is 370 g/mol. The number of rotatable bonds is 8. The number of carbonyl (C=O) groups excluding carboxylic acids is 3. The highest BCUT2D eigenvalue weighted by atomic mass is 16.5. The Morgan fingerprint density at radius 3 is 2.52 bits per heavy atom. The van der Waals surface area contributed by atoms with Gasteiger partial charge in [-0.25, -0.2) is 4.79 Å². The van der Waals surface area contributed by atoms with Gasteiger partial charge in [0.2, 0.25) is 5.91 Å². The van der Waals surface area contributed by atoms with Crippen molar-refractivity contribution in [2.75, 3.05) is 13.2 Å². The summed E-state index contributed by atoms with van der Waals surface area (Å²) in [5.74, 6) is -1.39. The average Bonchev–Trinajstić information content (AvgIpc) is 2.96. The van der Waals surface area contributed by atoms with Gasteiger partial charge in [0.1, 0.15) is 0 Å². The average molecular weight is 404 g/mol. The number of hydrogen-bond donors (Lipinski definition) is 2. The molecule has 1 aromatic heterocycles. The van der Waals surface area contributed by atoms with E-state index < -0.39 is 18.5 Å². The topological polar surface area (TPSA) is 89.4 Å². The van der Waals surface area contributed by atoms with E-state index in [-0.39, 0.29) is 18.5 Å². The molecule has 0 aliphatic heterocycles. The predicted octanol–water partition coefficient (Wildman–Crippen LogP) is 2.81. The SMILES string of the molecule is Cc1cc(/C=C/C(=O)OCC(=O)NCC(=O)NC(C)C)c(C)n1C1CCCCC1. The number of ether oxygens (including phenoxy) is 1. The third-order valence-electron chi connectivity index (χ3n) is 5.10. The van der Waals surface area contributed by atoms with Gasteiger partial charge in [-0.05, 0) is 58.2 Å². The molecule has 0 aromatic carbocycles. The Morgan fingerprint density at radius 1 is 1.17 bits per heavy atom. The lowest BCUT2D eigenvalue weighted by molar-refractivity contribution is -0.143. The zero-order chi connectivity index (χ0) is 21.4. The molecule has 7 heteroatoms. The van der Waals surface area contributed by atoms with Crippen LogP contribution >= 0.6 is 0 Å². The van der Waals surface area contributed by atoms with Crippen LogP contribution in [0.3, 0.4) is 0 Å². The van der Waals surface area contributed by atoms with Crippen molar-refractivity contribution in [3.8, 4) is 0 Å². The van der Waals surface area contributed by atoms with Crippen molar-refractivity contribution < 1.29 is 19.1 Å². The molecule has 0 radical (unpaired) electrons. The lowest BCUT2D eigenvalue weighted by Crippen LogP contribution is -2.41. The van der Waals surface area contributed by atoms with E-state index in [9.17, 15) is 14.4 Å². The summed E-state index contributed by atoms with van der Waals surface area (Å²) in [4.78, 5) is 35.1. The Hall–Kier alpha value is -2.57. The molecule has 0 atom stereocenters. The molecule has 0 unspecified atom stereocenters. The number of nitrogens with zero attached hydrogens (tertiary/aromatic N) is 1. The molecule has 1 aliphatic carbocycles. The molecule has 2 rings (SSSR count). The van der Waals surface area contributed by atoms with Crippen molar-refractivity contribution >= 4 is 23.9 Å². The van der Waals surface area contributed by atoms with Crippen LogP contribution in [-0.2, 0) is 19.1 Å². The summed E-state index contributed by atoms with van der Waals surface area (Å²) in [6.07, 6.45) is 9.31. The van der Waals surface area contributed by atoms with Crippen molar-refractivity contribution in [3.63, 3.8) is 0 Å². The van der Waals surface area contributed by atoms with Crippen LogP contribution in [0.15, 0.2) is 12.1 Å². The van der Waals surface area contributed by atoms with Gasteiger partial charge in [-0.1, -0.05) is 19.3 Å². The molecule has 0 bridgehead atoms. The van der Waals surface area contributed by atoms with Crippen LogP contribution in [0.1, 0.15) is 68.9 Å². The zero-order valence-electron chi connectivity index (χ0n) is 17.9. The van der Waals surface area contributed by atoms with Crippen molar-refractivity contribution in [1.82, 2.24) is 15.2 Å². The summed E-state index contributed by atoms with van der Waals surface area (Å²) in [5.41, 5.74) is 3.33. The van der Waals surface area contributed by atoms with Gasteiger partial charge in [0.15, 0.2) is 6.61 Å². The van der Waals surface area contributed by atoms with E-state index in [1.807, 2.05) is 13.8 Å². The minimum absolute atomic E-state index is 0.00226. The summed E-state index contributed by atoms with van der Waals surface area (Å²) >= 11 is 0. The van der Waals surface area contributed by atoms with Crippen LogP contribution in [0.5, 0.6) is 0 Å². The molecule has 0 spiro atoms. The van der Waals surface area contributed by atoms with Crippen molar-refractivity contribution in [2.24, 2.45) is 0 Å². The standard InChI is InChI=1S/C22H33N3O4/c1-15(2)24-20(26)13-23-21(27)14-29-22(28)11-10-18-12-16(3)25(17(18)4)19-8-6-5-7-9-19/h10-12,15,19H,5-9,13-14H2,1-4H3,(H,23,27)(H,24,26)/b11-10+. The highest BCUT2D eigenvalue weighted by molar-refractivity contribution is 5.90. The van der Waals surface area contributed by atoms with Crippen LogP contribution < -0.4 is 10.6 Å². The number of carbonyl (C=O) groups is 3. The predicted molar refractivity (Wildman–Crippen MR) is 112 cm³/mol. The maximum Gasteiger partial charge on any atom is 0.331 e. The zero-order valence-corrected chi connectivity index (χ0v) is 17.9. The number of aryl methyl sites for hydroxylation is 1. The van der Waals surface area contributed by atoms with E-state index >= 15 is 0 Å². The minimum atomic E-state index is -0.589. The van der Waals surface area contributed by atoms with E-state index in [0.29, 0.717) is 6.04 Å². The van der Waals surface area contributed by atoms with E-state index in [0.717, 1.165) is 11.3 Å². The fraction of sp³-hybridized carbons (Fsp3) is 0.591. The Balaban J connectivity index is 1.83. The molecule has 2 N–H and O–H groups in total. The van der Waals surface area contributed by atoms with Crippen molar-refractivity contribution in [2.45, 2.75) is 71.9 Å². The second-order valence-electron chi connectivity index (χ2n) is 7.93. The van der Waals surface area contributed by atoms with Crippen LogP contribution in [-0.4, -0.2) is 41.5 Å². The molecule has 1 aliphatic rings. The van der Waals surface area contributed by atoms with E-state index in [2.05, 4.69) is 35.1 Å². The van der Waals surface area contributed by atoms with Crippen LogP contribution in [0.4, 0.5) is 0 Å². The lowest BCUT2D eigenvalue weighted by atomic mass is 9.95. The summed E-state index contributed by atoms with van der Waals surface area (Å²) in [6, 6.07) is 2.62. The largest absolute Gasteiger partial charge is 0.452 e. The Kier molecular flexibility index (Phi) is 8.49. The summed E-state index contributed by atoms with van der Waals surface area (Å²) in [5, 5.41) is 5.08. The highest BCUT2D eigenvalue weighted by Crippen LogP contribution is 2.32. The molecule has 1 saturated carbocycles. The quantitative estimate of drug-likeness (QED) is 0.516. The van der Waals surface area contributed by atoms with Gasteiger partial charge >= 0.3 is 5.97 Å². The van der Waals surface area contributed by atoms with Crippen LogP contribution in [0, 0.1) is 13.8 Å². The first-order chi connectivity index (χ1) is 13.8. The smallest absolute Gasteiger partial charge is 0.331 e. The fourth-order valence-electron chi connectivity index (χ4n) is 3.82. The van der Waals surface area contributed by atoms with Gasteiger partial charge in [0.05, 0.1) is 6.54 Å². The third-order valence-corrected chi connectivity index (χ3v) is 5.10. The first-order valence-electron chi connectivity index (χ1n) is 10.4. The van der Waals surface area contributed by atoms with Gasteiger partial charge < -0.3 is 19.9 Å². The summed E-state index contributed by atoms with van der Waals surface area (Å²) in [6.45, 7) is 7.27. The third kappa shape index (κ3) is 7.07. The lowest BCUT2D eigenvalue weighted by Gasteiger charge is -2.26. The van der Waals surface area contributed by atoms with E-state index in [4.69, 9.17) is 4.74 Å². The van der Waals surface area contributed by atoms with Gasteiger partial charge in [-0.3, -0.25) is 9.59 Å². The Morgan fingerprint density at radius 2 is 1.86 bits per heavy atom. The Bertz CT molecular complexity index is 758. The number of nitrogens with one attached hydrogen (secondary N) is 2. The van der Waals surface area contributed by atoms with Gasteiger partial charge in [0, 0.05) is 29.5 Å². The van der Waals surface area contributed by atoms with Gasteiger partial charge in [-0.15, -0.1) is 0 Å². The number of amides is 2. The number of esters is 1. The molecular formula is C22H33N3O4. The number of hydrogen-bond acceptors (Lipinski definition) is 4. The summed E-state index contributed by atoms with van der Waals surface area (Å²) < 4.78 is 7.33. The van der Waals surface area contributed by atoms with E-state index in [1.54, 1.807) is 6.08 Å².